The number of hydrogen-bond donors (Lipinski definition) is 0. The van der Waals surface area contributed by atoms with E-state index in [9.17, 15) is 74.6 Å². The summed E-state index contributed by atoms with van der Waals surface area (Å²) in [5.74, 6) is -50.5. The zero-order valence-electron chi connectivity index (χ0n) is 15.2. The fraction of sp³-hybridized carbons (Fsp3) is 1.00. The van der Waals surface area contributed by atoms with Crippen LogP contribution in [0.15, 0.2) is 0 Å². The van der Waals surface area contributed by atoms with E-state index in [1.807, 2.05) is 0 Å². The van der Waals surface area contributed by atoms with E-state index in [0.29, 0.717) is 0 Å². The standard InChI is InChI=1S/C11H9F17O3Si/c1-29-32(30-2,31-3)11(27,28)9(22,23)7(18,19)5(14,15)4(12,13)6(16,17)8(20,21)10(24,25)26/h1-3H3. The second-order valence-corrected chi connectivity index (χ2v) is 8.65. The molecule has 0 saturated carbocycles. The van der Waals surface area contributed by atoms with Crippen LogP contribution in [0.1, 0.15) is 0 Å². The van der Waals surface area contributed by atoms with Crippen molar-refractivity contribution in [2.24, 2.45) is 0 Å². The number of halogens is 17. The lowest BCUT2D eigenvalue weighted by molar-refractivity contribution is -0.459. The summed E-state index contributed by atoms with van der Waals surface area (Å²) in [7, 11) is -6.62. The molecule has 0 heterocycles. The van der Waals surface area contributed by atoms with Gasteiger partial charge in [0.25, 0.3) is 0 Å². The summed E-state index contributed by atoms with van der Waals surface area (Å²) >= 11 is 0. The molecule has 0 N–H and O–H groups in total. The molecule has 0 saturated heterocycles. The first kappa shape index (κ1) is 30.9. The molecule has 0 bridgehead atoms. The van der Waals surface area contributed by atoms with Crippen LogP contribution < -0.4 is 0 Å². The van der Waals surface area contributed by atoms with Crippen molar-refractivity contribution in [1.29, 1.82) is 0 Å². The van der Waals surface area contributed by atoms with Crippen LogP contribution >= 0.6 is 0 Å². The monoisotopic (exact) mass is 540 g/mol. The van der Waals surface area contributed by atoms with Crippen molar-refractivity contribution >= 4 is 8.80 Å². The van der Waals surface area contributed by atoms with Crippen molar-refractivity contribution < 1.29 is 87.9 Å². The average molecular weight is 540 g/mol. The van der Waals surface area contributed by atoms with Crippen molar-refractivity contribution in [3.05, 3.63) is 0 Å². The van der Waals surface area contributed by atoms with Gasteiger partial charge in [0.1, 0.15) is 0 Å². The second-order valence-electron chi connectivity index (χ2n) is 5.69. The van der Waals surface area contributed by atoms with Gasteiger partial charge in [0.2, 0.25) is 0 Å². The molecule has 0 aromatic rings. The Labute approximate surface area is 166 Å². The SMILES string of the molecule is CO[Si](OC)(OC)C(F)(F)C(F)(F)C(F)(F)C(F)(F)C(F)(F)C(F)(F)C(F)(F)C(F)(F)F. The molecule has 0 fully saturated rings. The van der Waals surface area contributed by atoms with E-state index >= 15 is 0 Å². The molecular formula is C11H9F17O3Si. The molecule has 0 spiro atoms. The third-order valence-corrected chi connectivity index (χ3v) is 6.61. The van der Waals surface area contributed by atoms with E-state index in [2.05, 4.69) is 13.3 Å². The van der Waals surface area contributed by atoms with Crippen LogP contribution in [0.5, 0.6) is 0 Å². The van der Waals surface area contributed by atoms with Gasteiger partial charge in [-0.3, -0.25) is 0 Å². The minimum atomic E-state index is -8.69. The Bertz CT molecular complexity index is 625. The van der Waals surface area contributed by atoms with Crippen LogP contribution in [0.25, 0.3) is 0 Å². The van der Waals surface area contributed by atoms with Crippen molar-refractivity contribution in [3.8, 4) is 0 Å². The van der Waals surface area contributed by atoms with Gasteiger partial charge in [0.05, 0.1) is 0 Å². The normalized spacial score (nSPS) is 16.5. The number of hydrogen-bond acceptors (Lipinski definition) is 3. The first-order chi connectivity index (χ1) is 13.7. The smallest absolute Gasteiger partial charge is 0.373 e. The van der Waals surface area contributed by atoms with Gasteiger partial charge in [-0.05, 0) is 0 Å². The summed E-state index contributed by atoms with van der Waals surface area (Å²) in [4.78, 5) is 0. The van der Waals surface area contributed by atoms with Crippen molar-refractivity contribution in [1.82, 2.24) is 0 Å². The summed E-state index contributed by atoms with van der Waals surface area (Å²) in [6, 6.07) is 0. The lowest BCUT2D eigenvalue weighted by Crippen LogP contribution is -2.78. The largest absolute Gasteiger partial charge is 0.581 e. The van der Waals surface area contributed by atoms with E-state index in [0.717, 1.165) is 0 Å². The molecule has 0 aliphatic heterocycles. The Morgan fingerprint density at radius 1 is 0.375 bits per heavy atom. The summed E-state index contributed by atoms with van der Waals surface area (Å²) in [6.07, 6.45) is -7.80. The molecule has 0 amide bonds. The van der Waals surface area contributed by atoms with Crippen LogP contribution in [-0.4, -0.2) is 77.4 Å². The van der Waals surface area contributed by atoms with E-state index in [-0.39, 0.29) is 21.3 Å². The van der Waals surface area contributed by atoms with Crippen LogP contribution in [0.2, 0.25) is 0 Å². The second kappa shape index (κ2) is 8.00. The van der Waals surface area contributed by atoms with Gasteiger partial charge in [-0.2, -0.15) is 74.6 Å². The van der Waals surface area contributed by atoms with Crippen molar-refractivity contribution in [3.63, 3.8) is 0 Å². The first-order valence-electron chi connectivity index (χ1n) is 7.05. The van der Waals surface area contributed by atoms with Gasteiger partial charge in [0, 0.05) is 21.3 Å². The number of alkyl halides is 17. The predicted molar refractivity (Wildman–Crippen MR) is 67.5 cm³/mol. The summed E-state index contributed by atoms with van der Waals surface area (Å²) in [5.41, 5.74) is -6.87. The zero-order valence-corrected chi connectivity index (χ0v) is 16.2. The highest BCUT2D eigenvalue weighted by molar-refractivity contribution is 6.63. The topological polar surface area (TPSA) is 27.7 Å². The lowest BCUT2D eigenvalue weighted by Gasteiger charge is -2.44. The first-order valence-corrected chi connectivity index (χ1v) is 8.77. The maximum absolute atomic E-state index is 14.0. The molecule has 0 rings (SSSR count). The maximum Gasteiger partial charge on any atom is 0.581 e. The van der Waals surface area contributed by atoms with Gasteiger partial charge in [0.15, 0.2) is 0 Å². The molecule has 0 radical (unpaired) electrons. The third kappa shape index (κ3) is 3.53. The van der Waals surface area contributed by atoms with Gasteiger partial charge in [-0.25, -0.2) is 0 Å². The minimum absolute atomic E-state index is 0.00780. The van der Waals surface area contributed by atoms with Crippen molar-refractivity contribution in [2.75, 3.05) is 21.3 Å². The van der Waals surface area contributed by atoms with E-state index < -0.39 is 56.1 Å². The van der Waals surface area contributed by atoms with Gasteiger partial charge >= 0.3 is 56.1 Å². The molecule has 0 aromatic carbocycles. The average Bonchev–Trinajstić information content (AvgIpc) is 2.61. The minimum Gasteiger partial charge on any atom is -0.373 e. The maximum atomic E-state index is 14.0. The van der Waals surface area contributed by atoms with E-state index in [4.69, 9.17) is 0 Å². The molecule has 21 heteroatoms. The Morgan fingerprint density at radius 2 is 0.594 bits per heavy atom. The highest BCUT2D eigenvalue weighted by Crippen LogP contribution is 2.64. The molecule has 0 aromatic heterocycles. The summed E-state index contributed by atoms with van der Waals surface area (Å²) < 4.78 is 235. The fourth-order valence-corrected chi connectivity index (χ4v) is 3.80. The molecule has 194 valence electrons. The molecular weight excluding hydrogens is 531 g/mol. The Kier molecular flexibility index (Phi) is 7.72. The molecule has 0 aliphatic carbocycles. The highest BCUT2D eigenvalue weighted by Gasteiger charge is 2.97. The molecule has 0 atom stereocenters. The molecule has 3 nitrogen and oxygen atoms in total. The van der Waals surface area contributed by atoms with Gasteiger partial charge in [-0.15, -0.1) is 0 Å². The van der Waals surface area contributed by atoms with Crippen LogP contribution in [0.4, 0.5) is 74.6 Å². The van der Waals surface area contributed by atoms with Gasteiger partial charge in [-0.1, -0.05) is 0 Å². The lowest BCUT2D eigenvalue weighted by atomic mass is 9.91. The van der Waals surface area contributed by atoms with Crippen LogP contribution in [0, 0.1) is 0 Å². The predicted octanol–water partition coefficient (Wildman–Crippen LogP) is 5.41. The van der Waals surface area contributed by atoms with Gasteiger partial charge < -0.3 is 13.3 Å². The molecule has 32 heavy (non-hydrogen) atoms. The van der Waals surface area contributed by atoms with Crippen LogP contribution in [-0.2, 0) is 13.3 Å². The summed E-state index contributed by atoms with van der Waals surface area (Å²) in [6.45, 7) is 0. The quantitative estimate of drug-likeness (QED) is 0.274. The van der Waals surface area contributed by atoms with E-state index in [1.54, 1.807) is 0 Å². The highest BCUT2D eigenvalue weighted by atomic mass is 28.4. The van der Waals surface area contributed by atoms with Crippen LogP contribution in [0.3, 0.4) is 0 Å². The Hall–Kier alpha value is -1.09. The molecule has 0 aliphatic rings. The molecule has 0 unspecified atom stereocenters. The Balaban J connectivity index is 6.99. The Morgan fingerprint density at radius 3 is 0.812 bits per heavy atom. The number of rotatable bonds is 10. The fourth-order valence-electron chi connectivity index (χ4n) is 1.99. The zero-order chi connectivity index (χ0) is 26.6. The van der Waals surface area contributed by atoms with Crippen molar-refractivity contribution in [2.45, 2.75) is 47.3 Å². The summed E-state index contributed by atoms with van der Waals surface area (Å²) in [5, 5.41) is 0. The third-order valence-electron chi connectivity index (χ3n) is 3.91. The van der Waals surface area contributed by atoms with E-state index in [1.165, 1.54) is 0 Å².